The molecular formula is C29H32Cl2N2O6. The first-order valence-corrected chi connectivity index (χ1v) is 12.8. The molecule has 0 saturated carbocycles. The van der Waals surface area contributed by atoms with Crippen LogP contribution in [0.3, 0.4) is 0 Å². The van der Waals surface area contributed by atoms with Crippen LogP contribution in [0.4, 0.5) is 5.69 Å². The molecule has 0 bridgehead atoms. The monoisotopic (exact) mass is 574 g/mol. The van der Waals surface area contributed by atoms with Crippen molar-refractivity contribution >= 4 is 40.8 Å². The van der Waals surface area contributed by atoms with Gasteiger partial charge in [0.15, 0.2) is 0 Å². The highest BCUT2D eigenvalue weighted by Crippen LogP contribution is 2.33. The van der Waals surface area contributed by atoms with Crippen molar-refractivity contribution in [1.29, 1.82) is 0 Å². The van der Waals surface area contributed by atoms with Crippen LogP contribution in [0.1, 0.15) is 50.5 Å². The SMILES string of the molecule is CC(C)N(Cc1ccccc1)C(=O)C(C)(C)C.COC(=O)c1cc(Oc2ccc(Cl)cc2Cl)ccc1[N+](=O)[O-]. The Morgan fingerprint density at radius 1 is 1.00 bits per heavy atom. The van der Waals surface area contributed by atoms with Gasteiger partial charge in [-0.2, -0.15) is 0 Å². The van der Waals surface area contributed by atoms with Crippen molar-refractivity contribution in [1.82, 2.24) is 4.90 Å². The molecule has 0 fully saturated rings. The van der Waals surface area contributed by atoms with Crippen LogP contribution in [-0.2, 0) is 16.1 Å². The quantitative estimate of drug-likeness (QED) is 0.161. The van der Waals surface area contributed by atoms with Crippen molar-refractivity contribution in [3.63, 3.8) is 0 Å². The molecule has 3 aromatic carbocycles. The molecule has 0 aliphatic heterocycles. The van der Waals surface area contributed by atoms with Gasteiger partial charge in [-0.1, -0.05) is 74.3 Å². The summed E-state index contributed by atoms with van der Waals surface area (Å²) in [5.74, 6) is -0.123. The highest BCUT2D eigenvalue weighted by atomic mass is 35.5. The first-order valence-electron chi connectivity index (χ1n) is 12.1. The average Bonchev–Trinajstić information content (AvgIpc) is 2.88. The Morgan fingerprint density at radius 2 is 1.64 bits per heavy atom. The lowest BCUT2D eigenvalue weighted by Crippen LogP contribution is -2.43. The van der Waals surface area contributed by atoms with Gasteiger partial charge in [0.2, 0.25) is 5.91 Å². The minimum absolute atomic E-state index is 0.204. The predicted octanol–water partition coefficient (Wildman–Crippen LogP) is 7.95. The smallest absolute Gasteiger partial charge is 0.345 e. The van der Waals surface area contributed by atoms with E-state index >= 15 is 0 Å². The molecule has 0 heterocycles. The van der Waals surface area contributed by atoms with Crippen LogP contribution in [0.15, 0.2) is 66.7 Å². The van der Waals surface area contributed by atoms with Crippen molar-refractivity contribution in [2.75, 3.05) is 7.11 Å². The molecule has 8 nitrogen and oxygen atoms in total. The van der Waals surface area contributed by atoms with Crippen molar-refractivity contribution in [2.45, 2.75) is 47.2 Å². The number of halogens is 2. The van der Waals surface area contributed by atoms with Gasteiger partial charge in [0.1, 0.15) is 17.1 Å². The summed E-state index contributed by atoms with van der Waals surface area (Å²) in [5, 5.41) is 11.6. The van der Waals surface area contributed by atoms with Gasteiger partial charge in [-0.05, 0) is 43.7 Å². The van der Waals surface area contributed by atoms with Gasteiger partial charge in [-0.15, -0.1) is 0 Å². The summed E-state index contributed by atoms with van der Waals surface area (Å²) in [4.78, 5) is 36.2. The second-order valence-corrected chi connectivity index (χ2v) is 10.7. The van der Waals surface area contributed by atoms with Crippen molar-refractivity contribution in [3.05, 3.63) is 98.0 Å². The fourth-order valence-corrected chi connectivity index (χ4v) is 3.84. The van der Waals surface area contributed by atoms with Crippen molar-refractivity contribution in [3.8, 4) is 11.5 Å². The number of ether oxygens (including phenoxy) is 2. The van der Waals surface area contributed by atoms with Crippen LogP contribution >= 0.6 is 23.2 Å². The van der Waals surface area contributed by atoms with Crippen LogP contribution in [0.2, 0.25) is 10.0 Å². The zero-order chi connectivity index (χ0) is 29.3. The van der Waals surface area contributed by atoms with Gasteiger partial charge in [0, 0.05) is 35.2 Å². The number of esters is 1. The number of rotatable bonds is 7. The number of benzene rings is 3. The number of nitro groups is 1. The van der Waals surface area contributed by atoms with E-state index in [4.69, 9.17) is 27.9 Å². The average molecular weight is 575 g/mol. The van der Waals surface area contributed by atoms with Gasteiger partial charge < -0.3 is 14.4 Å². The van der Waals surface area contributed by atoms with Crippen LogP contribution < -0.4 is 4.74 Å². The molecule has 0 aliphatic carbocycles. The van der Waals surface area contributed by atoms with Crippen molar-refractivity contribution in [2.24, 2.45) is 5.41 Å². The molecule has 1 amide bonds. The Hall–Kier alpha value is -3.62. The molecule has 10 heteroatoms. The number of carbonyl (C=O) groups excluding carboxylic acids is 2. The molecular weight excluding hydrogens is 543 g/mol. The van der Waals surface area contributed by atoms with E-state index in [1.807, 2.05) is 43.9 Å². The summed E-state index contributed by atoms with van der Waals surface area (Å²) in [6.07, 6.45) is 0. The topological polar surface area (TPSA) is 99.0 Å². The molecule has 0 radical (unpaired) electrons. The van der Waals surface area contributed by atoms with Gasteiger partial charge in [0.05, 0.1) is 17.1 Å². The lowest BCUT2D eigenvalue weighted by Gasteiger charge is -2.32. The minimum atomic E-state index is -0.834. The van der Waals surface area contributed by atoms with E-state index in [0.29, 0.717) is 17.3 Å². The predicted molar refractivity (Wildman–Crippen MR) is 153 cm³/mol. The first-order chi connectivity index (χ1) is 18.2. The highest BCUT2D eigenvalue weighted by molar-refractivity contribution is 6.35. The van der Waals surface area contributed by atoms with Gasteiger partial charge >= 0.3 is 5.97 Å². The molecule has 0 N–H and O–H groups in total. The zero-order valence-electron chi connectivity index (χ0n) is 22.7. The third-order valence-corrected chi connectivity index (χ3v) is 5.94. The molecule has 3 aromatic rings. The van der Waals surface area contributed by atoms with Crippen LogP contribution in [-0.4, -0.2) is 34.9 Å². The number of hydrogen-bond donors (Lipinski definition) is 0. The highest BCUT2D eigenvalue weighted by Gasteiger charge is 2.28. The summed E-state index contributed by atoms with van der Waals surface area (Å²) in [6.45, 7) is 10.7. The molecule has 0 atom stereocenters. The zero-order valence-corrected chi connectivity index (χ0v) is 24.2. The Labute approximate surface area is 238 Å². The van der Waals surface area contributed by atoms with E-state index in [2.05, 4.69) is 30.7 Å². The second-order valence-electron chi connectivity index (χ2n) is 9.87. The fraction of sp³-hybridized carbons (Fsp3) is 0.310. The van der Waals surface area contributed by atoms with E-state index in [1.165, 1.54) is 23.8 Å². The Morgan fingerprint density at radius 3 is 2.15 bits per heavy atom. The standard InChI is InChI=1S/C15H23NO.C14H9Cl2NO5/c1-12(2)16(14(17)15(3,4)5)11-13-9-7-6-8-10-13;1-21-14(18)10-7-9(3-4-12(10)17(19)20)22-13-5-2-8(15)6-11(13)16/h6-10,12H,11H2,1-5H3;2-7H,1H3. The molecule has 0 saturated heterocycles. The molecule has 208 valence electrons. The first kappa shape index (κ1) is 31.6. The van der Waals surface area contributed by atoms with Gasteiger partial charge in [-0.25, -0.2) is 4.79 Å². The van der Waals surface area contributed by atoms with Gasteiger partial charge in [0.25, 0.3) is 5.69 Å². The number of nitrogens with zero attached hydrogens (tertiary/aromatic N) is 2. The maximum atomic E-state index is 12.3. The normalized spacial score (nSPS) is 10.8. The number of methoxy groups -OCH3 is 1. The number of nitro benzene ring substituents is 1. The van der Waals surface area contributed by atoms with E-state index in [1.54, 1.807) is 12.1 Å². The molecule has 0 unspecified atom stereocenters. The second kappa shape index (κ2) is 14.0. The van der Waals surface area contributed by atoms with Crippen LogP contribution in [0.5, 0.6) is 11.5 Å². The summed E-state index contributed by atoms with van der Waals surface area (Å²) >= 11 is 11.8. The summed E-state index contributed by atoms with van der Waals surface area (Å²) in [5.41, 5.74) is 0.272. The van der Waals surface area contributed by atoms with Crippen LogP contribution in [0.25, 0.3) is 0 Å². The third kappa shape index (κ3) is 9.26. The van der Waals surface area contributed by atoms with E-state index in [0.717, 1.165) is 13.2 Å². The summed E-state index contributed by atoms with van der Waals surface area (Å²) in [6, 6.07) is 18.7. The third-order valence-electron chi connectivity index (χ3n) is 5.41. The van der Waals surface area contributed by atoms with Crippen molar-refractivity contribution < 1.29 is 24.0 Å². The largest absolute Gasteiger partial charge is 0.465 e. The van der Waals surface area contributed by atoms with E-state index in [-0.39, 0.29) is 39.4 Å². The molecule has 0 aromatic heterocycles. The summed E-state index contributed by atoms with van der Waals surface area (Å²) < 4.78 is 10.0. The van der Waals surface area contributed by atoms with Gasteiger partial charge in [-0.3, -0.25) is 14.9 Å². The fourth-order valence-electron chi connectivity index (χ4n) is 3.40. The molecule has 3 rings (SSSR count). The number of hydrogen-bond acceptors (Lipinski definition) is 6. The maximum absolute atomic E-state index is 12.3. The Bertz CT molecular complexity index is 1310. The molecule has 0 aliphatic rings. The van der Waals surface area contributed by atoms with E-state index in [9.17, 15) is 19.7 Å². The minimum Gasteiger partial charge on any atom is -0.465 e. The number of carbonyl (C=O) groups is 2. The lowest BCUT2D eigenvalue weighted by atomic mass is 9.93. The lowest BCUT2D eigenvalue weighted by molar-refractivity contribution is -0.385. The number of amides is 1. The maximum Gasteiger partial charge on any atom is 0.345 e. The Kier molecular flexibility index (Phi) is 11.3. The molecule has 39 heavy (non-hydrogen) atoms. The molecule has 0 spiro atoms. The Balaban J connectivity index is 0.000000283. The van der Waals surface area contributed by atoms with Crippen LogP contribution in [0, 0.1) is 15.5 Å². The van der Waals surface area contributed by atoms with E-state index < -0.39 is 10.9 Å². The summed E-state index contributed by atoms with van der Waals surface area (Å²) in [7, 11) is 1.13.